The van der Waals surface area contributed by atoms with Crippen LogP contribution in [-0.2, 0) is 6.42 Å². The van der Waals surface area contributed by atoms with Gasteiger partial charge in [0.05, 0.1) is 16.3 Å². The molecule has 1 atom stereocenters. The van der Waals surface area contributed by atoms with Crippen LogP contribution in [0.2, 0.25) is 0 Å². The number of hydrogen-bond donors (Lipinski definition) is 1. The lowest BCUT2D eigenvalue weighted by atomic mass is 10.1. The van der Waals surface area contributed by atoms with Crippen molar-refractivity contribution >= 4 is 44.6 Å². The first-order valence-electron chi connectivity index (χ1n) is 8.06. The van der Waals surface area contributed by atoms with Gasteiger partial charge in [0.1, 0.15) is 5.01 Å². The summed E-state index contributed by atoms with van der Waals surface area (Å²) in [5.41, 5.74) is 3.38. The highest BCUT2D eigenvalue weighted by Crippen LogP contribution is 2.29. The second kappa shape index (κ2) is 7.28. The van der Waals surface area contributed by atoms with Crippen molar-refractivity contribution < 1.29 is 0 Å². The van der Waals surface area contributed by atoms with Crippen LogP contribution in [0.15, 0.2) is 48.5 Å². The molecule has 0 unspecified atom stereocenters. The molecule has 1 aromatic heterocycles. The minimum atomic E-state index is 0.123. The molecule has 0 aliphatic rings. The number of aromatic nitrogens is 1. The van der Waals surface area contributed by atoms with Crippen LogP contribution >= 0.6 is 23.6 Å². The van der Waals surface area contributed by atoms with Crippen LogP contribution in [0.4, 0.5) is 5.69 Å². The Hall–Kier alpha value is -1.98. The minimum absolute atomic E-state index is 0.123. The summed E-state index contributed by atoms with van der Waals surface area (Å²) in [6.07, 6.45) is 1.04. The first kappa shape index (κ1) is 16.9. The normalized spacial score (nSPS) is 12.1. The van der Waals surface area contributed by atoms with Crippen LogP contribution in [0.1, 0.15) is 30.5 Å². The summed E-state index contributed by atoms with van der Waals surface area (Å²) in [5.74, 6) is 0. The number of thiocarbonyl (C=S) groups is 1. The average Bonchev–Trinajstić information content (AvgIpc) is 3.05. The van der Waals surface area contributed by atoms with Gasteiger partial charge in [-0.3, -0.25) is 0 Å². The third-order valence-corrected chi connectivity index (χ3v) is 5.78. The molecule has 0 radical (unpaired) electrons. The summed E-state index contributed by atoms with van der Waals surface area (Å²) >= 11 is 7.29. The molecule has 0 aliphatic heterocycles. The van der Waals surface area contributed by atoms with Crippen LogP contribution in [0.25, 0.3) is 10.2 Å². The molecule has 0 aliphatic carbocycles. The lowest BCUT2D eigenvalue weighted by Crippen LogP contribution is -2.33. The first-order valence-corrected chi connectivity index (χ1v) is 9.29. The van der Waals surface area contributed by atoms with Crippen molar-refractivity contribution in [3.63, 3.8) is 0 Å². The maximum atomic E-state index is 5.57. The second-order valence-corrected chi connectivity index (χ2v) is 7.24. The molecule has 1 N–H and O–H groups in total. The van der Waals surface area contributed by atoms with Gasteiger partial charge in [-0.05, 0) is 55.4 Å². The molecular formula is C19H21N3S2. The van der Waals surface area contributed by atoms with Gasteiger partial charge in [0.25, 0.3) is 0 Å². The lowest BCUT2D eigenvalue weighted by molar-refractivity contribution is 0.407. The fraction of sp³-hybridized carbons (Fsp3) is 0.263. The molecule has 5 heteroatoms. The average molecular weight is 356 g/mol. The number of nitrogens with one attached hydrogen (secondary N) is 1. The highest BCUT2D eigenvalue weighted by Gasteiger charge is 2.18. The lowest BCUT2D eigenvalue weighted by Gasteiger charge is -2.26. The highest BCUT2D eigenvalue weighted by molar-refractivity contribution is 7.80. The molecule has 3 nitrogen and oxygen atoms in total. The zero-order valence-corrected chi connectivity index (χ0v) is 15.7. The van der Waals surface area contributed by atoms with Crippen LogP contribution in [-0.4, -0.2) is 22.0 Å². The van der Waals surface area contributed by atoms with Gasteiger partial charge >= 0.3 is 0 Å². The summed E-state index contributed by atoms with van der Waals surface area (Å²) in [7, 11) is 2.01. The third-order valence-electron chi connectivity index (χ3n) is 4.18. The van der Waals surface area contributed by atoms with E-state index in [1.807, 2.05) is 25.2 Å². The maximum Gasteiger partial charge on any atom is 0.173 e. The van der Waals surface area contributed by atoms with Crippen LogP contribution in [0.5, 0.6) is 0 Å². The van der Waals surface area contributed by atoms with Crippen molar-refractivity contribution in [3.8, 4) is 0 Å². The Labute approximate surface area is 152 Å². The van der Waals surface area contributed by atoms with Gasteiger partial charge in [0, 0.05) is 12.7 Å². The van der Waals surface area contributed by atoms with Crippen molar-refractivity contribution in [1.82, 2.24) is 9.88 Å². The van der Waals surface area contributed by atoms with E-state index < -0.39 is 0 Å². The van der Waals surface area contributed by atoms with Gasteiger partial charge < -0.3 is 10.2 Å². The van der Waals surface area contributed by atoms with Crippen LogP contribution in [0, 0.1) is 0 Å². The predicted molar refractivity (Wildman–Crippen MR) is 108 cm³/mol. The van der Waals surface area contributed by atoms with Crippen molar-refractivity contribution in [1.29, 1.82) is 0 Å². The molecule has 24 heavy (non-hydrogen) atoms. The number of rotatable bonds is 4. The quantitative estimate of drug-likeness (QED) is 0.647. The zero-order valence-electron chi connectivity index (χ0n) is 14.1. The fourth-order valence-electron chi connectivity index (χ4n) is 2.45. The smallest absolute Gasteiger partial charge is 0.173 e. The largest absolute Gasteiger partial charge is 0.343 e. The Bertz CT molecular complexity index is 806. The Balaban J connectivity index is 1.71. The Morgan fingerprint density at radius 1 is 1.21 bits per heavy atom. The van der Waals surface area contributed by atoms with Crippen molar-refractivity contribution in [2.45, 2.75) is 26.3 Å². The summed E-state index contributed by atoms with van der Waals surface area (Å²) < 4.78 is 1.21. The molecule has 3 aromatic rings. The van der Waals surface area contributed by atoms with Gasteiger partial charge in [-0.1, -0.05) is 31.2 Å². The molecule has 2 aromatic carbocycles. The fourth-order valence-corrected chi connectivity index (χ4v) is 3.78. The number of aryl methyl sites for hydroxylation is 1. The summed E-state index contributed by atoms with van der Waals surface area (Å²) in [6.45, 7) is 4.28. The van der Waals surface area contributed by atoms with E-state index in [2.05, 4.69) is 54.4 Å². The molecule has 0 saturated heterocycles. The summed E-state index contributed by atoms with van der Waals surface area (Å²) in [6, 6.07) is 16.7. The predicted octanol–water partition coefficient (Wildman–Crippen LogP) is 5.25. The van der Waals surface area contributed by atoms with Gasteiger partial charge in [0.2, 0.25) is 0 Å². The molecular weight excluding hydrogens is 334 g/mol. The number of fused-ring (bicyclic) bond motifs is 1. The number of anilines is 1. The van der Waals surface area contributed by atoms with Gasteiger partial charge in [-0.15, -0.1) is 11.3 Å². The molecule has 0 saturated carbocycles. The highest BCUT2D eigenvalue weighted by atomic mass is 32.1. The molecule has 0 spiro atoms. The Kier molecular flexibility index (Phi) is 5.11. The topological polar surface area (TPSA) is 28.2 Å². The van der Waals surface area contributed by atoms with E-state index in [0.717, 1.165) is 22.6 Å². The summed E-state index contributed by atoms with van der Waals surface area (Å²) in [4.78, 5) is 6.79. The summed E-state index contributed by atoms with van der Waals surface area (Å²) in [5, 5.41) is 5.08. The number of hydrogen-bond acceptors (Lipinski definition) is 3. The number of thiazole rings is 1. The first-order chi connectivity index (χ1) is 11.6. The maximum absolute atomic E-state index is 5.57. The third kappa shape index (κ3) is 3.57. The molecule has 124 valence electrons. The van der Waals surface area contributed by atoms with E-state index in [1.165, 1.54) is 10.3 Å². The standard InChI is InChI=1S/C19H21N3S2/c1-4-14-9-11-15(12-10-14)20-19(23)22(3)13(2)18-21-16-7-5-6-8-17(16)24-18/h5-13H,4H2,1-3H3,(H,20,23)/t13-/m1/s1. The molecule has 0 amide bonds. The van der Waals surface area contributed by atoms with Crippen molar-refractivity contribution in [3.05, 3.63) is 59.1 Å². The zero-order chi connectivity index (χ0) is 17.1. The van der Waals surface area contributed by atoms with Gasteiger partial charge in [-0.25, -0.2) is 4.98 Å². The number of para-hydroxylation sites is 1. The second-order valence-electron chi connectivity index (χ2n) is 5.79. The van der Waals surface area contributed by atoms with E-state index in [9.17, 15) is 0 Å². The van der Waals surface area contributed by atoms with E-state index in [0.29, 0.717) is 5.11 Å². The van der Waals surface area contributed by atoms with Crippen LogP contribution in [0.3, 0.4) is 0 Å². The monoisotopic (exact) mass is 355 g/mol. The van der Waals surface area contributed by atoms with Crippen molar-refractivity contribution in [2.24, 2.45) is 0 Å². The molecule has 1 heterocycles. The number of benzene rings is 2. The number of nitrogens with zero attached hydrogens (tertiary/aromatic N) is 2. The van der Waals surface area contributed by atoms with Crippen molar-refractivity contribution in [2.75, 3.05) is 12.4 Å². The van der Waals surface area contributed by atoms with Gasteiger partial charge in [-0.2, -0.15) is 0 Å². The van der Waals surface area contributed by atoms with E-state index >= 15 is 0 Å². The Morgan fingerprint density at radius 3 is 2.58 bits per heavy atom. The molecule has 3 rings (SSSR count). The molecule has 0 fully saturated rings. The Morgan fingerprint density at radius 2 is 1.92 bits per heavy atom. The van der Waals surface area contributed by atoms with Gasteiger partial charge in [0.15, 0.2) is 5.11 Å². The van der Waals surface area contributed by atoms with E-state index in [4.69, 9.17) is 17.2 Å². The van der Waals surface area contributed by atoms with Crippen LogP contribution < -0.4 is 5.32 Å². The minimum Gasteiger partial charge on any atom is -0.343 e. The van der Waals surface area contributed by atoms with E-state index in [-0.39, 0.29) is 6.04 Å². The molecule has 0 bridgehead atoms. The van der Waals surface area contributed by atoms with E-state index in [1.54, 1.807) is 11.3 Å². The SMILES string of the molecule is CCc1ccc(NC(=S)N(C)[C@H](C)c2nc3ccccc3s2)cc1.